The Bertz CT molecular complexity index is 1250. The highest BCUT2D eigenvalue weighted by atomic mass is 35.5. The first kappa shape index (κ1) is 22.8. The van der Waals surface area contributed by atoms with Crippen molar-refractivity contribution in [2.75, 3.05) is 18.4 Å². The Morgan fingerprint density at radius 1 is 1.06 bits per heavy atom. The molecule has 3 fully saturated rings. The molecule has 2 aromatic heterocycles. The second-order valence-corrected chi connectivity index (χ2v) is 10.7. The van der Waals surface area contributed by atoms with E-state index in [0.717, 1.165) is 54.1 Å². The van der Waals surface area contributed by atoms with E-state index in [2.05, 4.69) is 21.4 Å². The molecule has 2 aliphatic carbocycles. The minimum atomic E-state index is -2.52. The molecule has 2 saturated carbocycles. The number of aromatic nitrogens is 2. The third-order valence-electron chi connectivity index (χ3n) is 7.81. The van der Waals surface area contributed by atoms with Crippen molar-refractivity contribution in [3.05, 3.63) is 65.1 Å². The van der Waals surface area contributed by atoms with E-state index in [1.165, 1.54) is 0 Å². The van der Waals surface area contributed by atoms with E-state index in [-0.39, 0.29) is 36.9 Å². The first-order valence-electron chi connectivity index (χ1n) is 12.3. The maximum absolute atomic E-state index is 13.2. The molecule has 3 aliphatic rings. The Labute approximate surface area is 207 Å². The van der Waals surface area contributed by atoms with E-state index in [9.17, 15) is 13.6 Å². The van der Waals surface area contributed by atoms with Gasteiger partial charge in [0.15, 0.2) is 0 Å². The molecular weight excluding hydrogens is 470 g/mol. The molecule has 3 aromatic rings. The highest BCUT2D eigenvalue weighted by Crippen LogP contribution is 2.47. The fourth-order valence-electron chi connectivity index (χ4n) is 5.75. The van der Waals surface area contributed by atoms with E-state index in [0.29, 0.717) is 16.8 Å². The van der Waals surface area contributed by atoms with Crippen LogP contribution in [-0.4, -0.2) is 45.8 Å². The summed E-state index contributed by atoms with van der Waals surface area (Å²) >= 11 is 6.65. The van der Waals surface area contributed by atoms with Gasteiger partial charge < -0.3 is 5.32 Å². The smallest absolute Gasteiger partial charge is 0.272 e. The monoisotopic (exact) mass is 496 g/mol. The van der Waals surface area contributed by atoms with Gasteiger partial charge in [-0.25, -0.2) is 13.8 Å². The lowest BCUT2D eigenvalue weighted by atomic mass is 9.80. The van der Waals surface area contributed by atoms with E-state index in [4.69, 9.17) is 11.6 Å². The Balaban J connectivity index is 1.13. The van der Waals surface area contributed by atoms with Crippen molar-refractivity contribution in [1.82, 2.24) is 14.9 Å². The Morgan fingerprint density at radius 3 is 2.57 bits per heavy atom. The molecule has 5 nitrogen and oxygen atoms in total. The molecule has 1 amide bonds. The molecule has 8 heteroatoms. The summed E-state index contributed by atoms with van der Waals surface area (Å²) in [6, 6.07) is 12.0. The Hall–Kier alpha value is -2.64. The predicted octanol–water partition coefficient (Wildman–Crippen LogP) is 6.00. The summed E-state index contributed by atoms with van der Waals surface area (Å²) in [4.78, 5) is 23.5. The standard InChI is InChI=1S/C27H27ClF2N4O/c28-23-10-18-13-32-25(33-26(35)22-12-21(22)24-3-1-2-8-31-24)11-17(18)9-20(23)16-4-6-19(7-5-16)34-14-27(29,30)15-34/h1-3,8-11,13,16,19,21-22H,4-7,12,14-15H2,(H,32,33,35)/t16-,19+,21-,22-/m0/s1. The average molecular weight is 497 g/mol. The zero-order valence-corrected chi connectivity index (χ0v) is 20.0. The van der Waals surface area contributed by atoms with Crippen molar-refractivity contribution in [3.8, 4) is 0 Å². The third kappa shape index (κ3) is 4.64. The zero-order valence-electron chi connectivity index (χ0n) is 19.3. The van der Waals surface area contributed by atoms with Gasteiger partial charge in [-0.15, -0.1) is 0 Å². The minimum Gasteiger partial charge on any atom is -0.310 e. The fourth-order valence-corrected chi connectivity index (χ4v) is 6.08. The average Bonchev–Trinajstić information content (AvgIpc) is 3.64. The topological polar surface area (TPSA) is 58.1 Å². The van der Waals surface area contributed by atoms with Crippen LogP contribution in [-0.2, 0) is 4.79 Å². The highest BCUT2D eigenvalue weighted by molar-refractivity contribution is 6.32. The molecule has 35 heavy (non-hydrogen) atoms. The molecule has 1 saturated heterocycles. The van der Waals surface area contributed by atoms with Gasteiger partial charge in [0.05, 0.1) is 13.1 Å². The molecule has 0 radical (unpaired) electrons. The fraction of sp³-hybridized carbons (Fsp3) is 0.444. The number of hydrogen-bond donors (Lipinski definition) is 1. The van der Waals surface area contributed by atoms with Crippen molar-refractivity contribution >= 4 is 34.1 Å². The number of nitrogens with zero attached hydrogens (tertiary/aromatic N) is 3. The molecule has 2 atom stereocenters. The predicted molar refractivity (Wildman–Crippen MR) is 132 cm³/mol. The zero-order chi connectivity index (χ0) is 24.2. The number of hydrogen-bond acceptors (Lipinski definition) is 4. The number of nitrogens with one attached hydrogen (secondary N) is 1. The summed E-state index contributed by atoms with van der Waals surface area (Å²) in [5.74, 6) is -1.62. The van der Waals surface area contributed by atoms with Crippen LogP contribution in [0.2, 0.25) is 5.02 Å². The van der Waals surface area contributed by atoms with Crippen LogP contribution in [0, 0.1) is 5.92 Å². The van der Waals surface area contributed by atoms with Crippen LogP contribution in [0.4, 0.5) is 14.6 Å². The number of halogens is 3. The summed E-state index contributed by atoms with van der Waals surface area (Å²) in [6.45, 7) is -0.214. The quantitative estimate of drug-likeness (QED) is 0.470. The number of carbonyl (C=O) groups is 1. The van der Waals surface area contributed by atoms with Crippen molar-refractivity contribution in [3.63, 3.8) is 0 Å². The maximum atomic E-state index is 13.2. The van der Waals surface area contributed by atoms with Gasteiger partial charge in [-0.2, -0.15) is 0 Å². The number of amides is 1. The number of alkyl halides is 2. The lowest BCUT2D eigenvalue weighted by Gasteiger charge is -2.46. The van der Waals surface area contributed by atoms with Gasteiger partial charge in [0.25, 0.3) is 5.92 Å². The minimum absolute atomic E-state index is 0.0309. The lowest BCUT2D eigenvalue weighted by Crippen LogP contribution is -2.60. The first-order valence-corrected chi connectivity index (χ1v) is 12.7. The van der Waals surface area contributed by atoms with Gasteiger partial charge in [-0.05, 0) is 79.3 Å². The highest BCUT2D eigenvalue weighted by Gasteiger charge is 2.47. The van der Waals surface area contributed by atoms with Crippen LogP contribution in [0.25, 0.3) is 10.8 Å². The third-order valence-corrected chi connectivity index (χ3v) is 8.13. The van der Waals surface area contributed by atoms with E-state index < -0.39 is 5.92 Å². The van der Waals surface area contributed by atoms with Crippen LogP contribution in [0.3, 0.4) is 0 Å². The second-order valence-electron chi connectivity index (χ2n) is 10.2. The molecule has 0 unspecified atom stereocenters. The van der Waals surface area contributed by atoms with Gasteiger partial charge in [-0.3, -0.25) is 14.7 Å². The largest absolute Gasteiger partial charge is 0.310 e. The lowest BCUT2D eigenvalue weighted by molar-refractivity contribution is -0.150. The first-order chi connectivity index (χ1) is 16.9. The van der Waals surface area contributed by atoms with Crippen LogP contribution in [0.5, 0.6) is 0 Å². The van der Waals surface area contributed by atoms with E-state index >= 15 is 0 Å². The normalized spacial score (nSPS) is 27.9. The number of anilines is 1. The molecule has 3 heterocycles. The Morgan fingerprint density at radius 2 is 1.86 bits per heavy atom. The van der Waals surface area contributed by atoms with Crippen molar-refractivity contribution in [2.24, 2.45) is 5.92 Å². The second kappa shape index (κ2) is 8.79. The van der Waals surface area contributed by atoms with E-state index in [1.807, 2.05) is 35.2 Å². The SMILES string of the molecule is O=C(Nc1cc2cc([C@H]3CC[C@@H](N4CC(F)(F)C4)CC3)c(Cl)cc2cn1)[C@H]1C[C@@H]1c1ccccn1. The number of likely N-dealkylation sites (tertiary alicyclic amines) is 1. The van der Waals surface area contributed by atoms with Crippen molar-refractivity contribution < 1.29 is 13.6 Å². The molecule has 1 aliphatic heterocycles. The number of pyridine rings is 2. The van der Waals surface area contributed by atoms with Gasteiger partial charge in [-0.1, -0.05) is 17.7 Å². The molecule has 0 spiro atoms. The summed E-state index contributed by atoms with van der Waals surface area (Å²) in [5, 5.41) is 5.59. The summed E-state index contributed by atoms with van der Waals surface area (Å²) in [7, 11) is 0. The summed E-state index contributed by atoms with van der Waals surface area (Å²) in [5.41, 5.74) is 2.04. The molecule has 6 rings (SSSR count). The molecule has 1 aromatic carbocycles. The Kier molecular flexibility index (Phi) is 5.72. The number of rotatable bonds is 5. The van der Waals surface area contributed by atoms with Crippen LogP contribution >= 0.6 is 11.6 Å². The molecule has 182 valence electrons. The van der Waals surface area contributed by atoms with Gasteiger partial charge in [0.2, 0.25) is 5.91 Å². The molecule has 1 N–H and O–H groups in total. The summed E-state index contributed by atoms with van der Waals surface area (Å²) < 4.78 is 26.5. The molecular formula is C27H27ClF2N4O. The van der Waals surface area contributed by atoms with Crippen molar-refractivity contribution in [1.29, 1.82) is 0 Å². The summed E-state index contributed by atoms with van der Waals surface area (Å²) in [6.07, 6.45) is 7.98. The van der Waals surface area contributed by atoms with Crippen LogP contribution in [0.15, 0.2) is 48.8 Å². The number of benzene rings is 1. The van der Waals surface area contributed by atoms with Crippen molar-refractivity contribution in [2.45, 2.75) is 55.9 Å². The van der Waals surface area contributed by atoms with Gasteiger partial charge in [0.1, 0.15) is 5.82 Å². The number of carbonyl (C=O) groups excluding carboxylic acids is 1. The van der Waals surface area contributed by atoms with Gasteiger partial charge >= 0.3 is 0 Å². The molecule has 0 bridgehead atoms. The van der Waals surface area contributed by atoms with E-state index in [1.54, 1.807) is 12.4 Å². The maximum Gasteiger partial charge on any atom is 0.272 e. The van der Waals surface area contributed by atoms with Crippen LogP contribution in [0.1, 0.15) is 55.2 Å². The van der Waals surface area contributed by atoms with Gasteiger partial charge in [0, 0.05) is 46.4 Å². The number of fused-ring (bicyclic) bond motifs is 1. The van der Waals surface area contributed by atoms with Crippen LogP contribution < -0.4 is 5.32 Å².